The van der Waals surface area contributed by atoms with Gasteiger partial charge in [-0.15, -0.1) is 0 Å². The molecule has 3 aromatic carbocycles. The van der Waals surface area contributed by atoms with Crippen LogP contribution < -0.4 is 15.1 Å². The zero-order chi connectivity index (χ0) is 24.6. The number of benzene rings is 3. The highest BCUT2D eigenvalue weighted by Gasteiger charge is 2.26. The minimum Gasteiger partial charge on any atom is -0.444 e. The molecular weight excluding hydrogens is 450 g/mol. The molecule has 0 radical (unpaired) electrons. The van der Waals surface area contributed by atoms with E-state index in [1.807, 2.05) is 36.4 Å². The largest absolute Gasteiger partial charge is 0.444 e. The van der Waals surface area contributed by atoms with Crippen molar-refractivity contribution < 1.29 is 19.2 Å². The van der Waals surface area contributed by atoms with Crippen LogP contribution in [0.2, 0.25) is 0 Å². The lowest BCUT2D eigenvalue weighted by molar-refractivity contribution is 0.476. The zero-order valence-corrected chi connectivity index (χ0v) is 22.2. The summed E-state index contributed by atoms with van der Waals surface area (Å²) in [6.45, 7) is 15.2. The fraction of sp³-hybridized carbons (Fsp3) is 0.333. The van der Waals surface area contributed by atoms with Gasteiger partial charge in [-0.1, -0.05) is 71.9 Å². The molecule has 0 bridgehead atoms. The first-order valence-corrected chi connectivity index (χ1v) is 13.4. The van der Waals surface area contributed by atoms with Gasteiger partial charge in [-0.05, 0) is 70.3 Å². The Morgan fingerprint density at radius 3 is 1.52 bits per heavy atom. The molecule has 3 N–H and O–H groups in total. The third kappa shape index (κ3) is 6.21. The molecule has 3 aromatic rings. The summed E-state index contributed by atoms with van der Waals surface area (Å²) in [5.41, 5.74) is 5.37. The predicted molar refractivity (Wildman–Crippen MR) is 141 cm³/mol. The summed E-state index contributed by atoms with van der Waals surface area (Å²) in [4.78, 5) is 29.6. The third-order valence-corrected chi connectivity index (χ3v) is 7.52. The van der Waals surface area contributed by atoms with Crippen molar-refractivity contribution in [2.45, 2.75) is 59.3 Å². The SMILES string of the molecule is Cc1cc(OP(O)c2ccc(-c3ccc(P(O)O)cc3)cc2)c(C(C)(C)C)cc1C(C)(C)C. The lowest BCUT2D eigenvalue weighted by atomic mass is 9.78. The molecule has 4 nitrogen and oxygen atoms in total. The molecule has 0 aliphatic carbocycles. The van der Waals surface area contributed by atoms with Gasteiger partial charge in [0.1, 0.15) is 5.75 Å². The molecule has 0 aliphatic rings. The first kappa shape index (κ1) is 25.8. The van der Waals surface area contributed by atoms with Crippen LogP contribution in [0.3, 0.4) is 0 Å². The second-order valence-corrected chi connectivity index (χ2v) is 12.8. The van der Waals surface area contributed by atoms with E-state index in [9.17, 15) is 14.7 Å². The predicted octanol–water partition coefficient (Wildman–Crippen LogP) is 6.19. The monoisotopic (exact) mass is 484 g/mol. The average molecular weight is 485 g/mol. The highest BCUT2D eigenvalue weighted by atomic mass is 31.2. The number of hydrogen-bond acceptors (Lipinski definition) is 4. The van der Waals surface area contributed by atoms with E-state index in [2.05, 4.69) is 60.6 Å². The van der Waals surface area contributed by atoms with Crippen LogP contribution in [0.25, 0.3) is 11.1 Å². The molecule has 33 heavy (non-hydrogen) atoms. The van der Waals surface area contributed by atoms with Crippen molar-refractivity contribution in [2.75, 3.05) is 0 Å². The van der Waals surface area contributed by atoms with Gasteiger partial charge in [0, 0.05) is 16.2 Å². The standard InChI is InChI=1S/C27H34O4P2/c1-18-16-25(24(27(5,6)7)17-23(18)26(2,3)4)31-33(30)22-14-10-20(11-15-22)19-8-12-21(13-9-19)32(28)29/h8-17,28-30H,1-7H3. The van der Waals surface area contributed by atoms with Gasteiger partial charge in [-0.3, -0.25) is 0 Å². The van der Waals surface area contributed by atoms with E-state index in [1.165, 1.54) is 5.56 Å². The normalized spacial score (nSPS) is 13.3. The van der Waals surface area contributed by atoms with E-state index >= 15 is 0 Å². The molecule has 0 aromatic heterocycles. The fourth-order valence-electron chi connectivity index (χ4n) is 3.87. The van der Waals surface area contributed by atoms with Crippen LogP contribution in [0.4, 0.5) is 0 Å². The van der Waals surface area contributed by atoms with Crippen LogP contribution in [0.5, 0.6) is 5.75 Å². The highest BCUT2D eigenvalue weighted by molar-refractivity contribution is 7.55. The second kappa shape index (κ2) is 9.82. The molecule has 0 spiro atoms. The molecule has 0 aliphatic heterocycles. The third-order valence-electron chi connectivity index (χ3n) is 5.65. The Morgan fingerprint density at radius 1 is 0.636 bits per heavy atom. The molecule has 176 valence electrons. The number of hydrogen-bond donors (Lipinski definition) is 3. The summed E-state index contributed by atoms with van der Waals surface area (Å²) < 4.78 is 6.16. The Kier molecular flexibility index (Phi) is 7.68. The van der Waals surface area contributed by atoms with Crippen LogP contribution in [-0.2, 0) is 10.8 Å². The smallest absolute Gasteiger partial charge is 0.262 e. The minimum atomic E-state index is -2.08. The van der Waals surface area contributed by atoms with E-state index in [0.29, 0.717) is 5.30 Å². The highest BCUT2D eigenvalue weighted by Crippen LogP contribution is 2.42. The van der Waals surface area contributed by atoms with E-state index < -0.39 is 16.8 Å². The van der Waals surface area contributed by atoms with Gasteiger partial charge < -0.3 is 19.2 Å². The summed E-state index contributed by atoms with van der Waals surface area (Å²) >= 11 is 0. The Morgan fingerprint density at radius 2 is 1.09 bits per heavy atom. The maximum atomic E-state index is 10.9. The Labute approximate surface area is 200 Å². The lowest BCUT2D eigenvalue weighted by Gasteiger charge is -2.29. The minimum absolute atomic E-state index is 0.0247. The second-order valence-electron chi connectivity index (χ2n) is 10.4. The molecule has 3 rings (SSSR count). The van der Waals surface area contributed by atoms with Crippen molar-refractivity contribution in [1.29, 1.82) is 0 Å². The Balaban J connectivity index is 1.86. The van der Waals surface area contributed by atoms with Crippen LogP contribution in [0.15, 0.2) is 60.7 Å². The molecule has 0 amide bonds. The Bertz CT molecular complexity index is 1090. The van der Waals surface area contributed by atoms with Gasteiger partial charge in [0.2, 0.25) is 0 Å². The summed E-state index contributed by atoms with van der Waals surface area (Å²) in [6.07, 6.45) is 0. The van der Waals surface area contributed by atoms with Crippen molar-refractivity contribution in [2.24, 2.45) is 0 Å². The molecular formula is C27H34O4P2. The fourth-order valence-corrected chi connectivity index (χ4v) is 5.13. The first-order chi connectivity index (χ1) is 15.3. The first-order valence-electron chi connectivity index (χ1n) is 11.0. The van der Waals surface area contributed by atoms with Gasteiger partial charge in [0.25, 0.3) is 8.38 Å². The van der Waals surface area contributed by atoms with Gasteiger partial charge >= 0.3 is 0 Å². The van der Waals surface area contributed by atoms with Crippen LogP contribution in [0, 0.1) is 6.92 Å². The van der Waals surface area contributed by atoms with Crippen molar-refractivity contribution in [3.63, 3.8) is 0 Å². The van der Waals surface area contributed by atoms with Gasteiger partial charge in [0.05, 0.1) is 0 Å². The molecule has 0 saturated carbocycles. The topological polar surface area (TPSA) is 69.9 Å². The molecule has 1 atom stereocenters. The summed E-state index contributed by atoms with van der Waals surface area (Å²) in [5.74, 6) is 0.728. The van der Waals surface area contributed by atoms with Gasteiger partial charge in [-0.25, -0.2) is 0 Å². The molecule has 0 heterocycles. The number of rotatable bonds is 5. The summed E-state index contributed by atoms with van der Waals surface area (Å²) in [6, 6.07) is 19.1. The average Bonchev–Trinajstić information content (AvgIpc) is 2.72. The number of aryl methyl sites for hydroxylation is 1. The molecule has 0 saturated heterocycles. The zero-order valence-electron chi connectivity index (χ0n) is 20.4. The molecule has 6 heteroatoms. The van der Waals surface area contributed by atoms with Crippen LogP contribution in [-0.4, -0.2) is 14.7 Å². The van der Waals surface area contributed by atoms with Crippen molar-refractivity contribution in [3.8, 4) is 16.9 Å². The maximum Gasteiger partial charge on any atom is 0.262 e. The maximum absolute atomic E-state index is 10.9. The van der Waals surface area contributed by atoms with Gasteiger partial charge in [-0.2, -0.15) is 0 Å². The lowest BCUT2D eigenvalue weighted by Crippen LogP contribution is -2.19. The van der Waals surface area contributed by atoms with Crippen LogP contribution in [0.1, 0.15) is 58.2 Å². The quantitative estimate of drug-likeness (QED) is 0.378. The molecule has 1 unspecified atom stereocenters. The van der Waals surface area contributed by atoms with Gasteiger partial charge in [0.15, 0.2) is 8.38 Å². The summed E-state index contributed by atoms with van der Waals surface area (Å²) in [7, 11) is -3.91. The van der Waals surface area contributed by atoms with E-state index in [1.54, 1.807) is 12.1 Å². The van der Waals surface area contributed by atoms with Crippen molar-refractivity contribution in [3.05, 3.63) is 77.4 Å². The molecule has 0 fully saturated rings. The van der Waals surface area contributed by atoms with Crippen molar-refractivity contribution >= 4 is 27.4 Å². The van der Waals surface area contributed by atoms with E-state index in [-0.39, 0.29) is 10.8 Å². The Hall–Kier alpha value is -1.80. The van der Waals surface area contributed by atoms with Crippen LogP contribution >= 0.6 is 16.8 Å². The van der Waals surface area contributed by atoms with E-state index in [0.717, 1.165) is 33.3 Å². The van der Waals surface area contributed by atoms with E-state index in [4.69, 9.17) is 4.52 Å². The van der Waals surface area contributed by atoms with Crippen molar-refractivity contribution in [1.82, 2.24) is 0 Å². The summed E-state index contributed by atoms with van der Waals surface area (Å²) in [5, 5.41) is 1.25.